The topological polar surface area (TPSA) is 80.6 Å². The number of carboxylic acid groups (broad SMARTS) is 1. The molecule has 0 aliphatic carbocycles. The van der Waals surface area contributed by atoms with Gasteiger partial charge in [0.2, 0.25) is 0 Å². The van der Waals surface area contributed by atoms with E-state index in [2.05, 4.69) is 6.92 Å². The summed E-state index contributed by atoms with van der Waals surface area (Å²) >= 11 is 0. The minimum absolute atomic E-state index is 0.328. The van der Waals surface area contributed by atoms with E-state index in [1.807, 2.05) is 0 Å². The Hall–Kier alpha value is -0.610. The lowest BCUT2D eigenvalue weighted by atomic mass is 10.0. The quantitative estimate of drug-likeness (QED) is 0.183. The lowest BCUT2D eigenvalue weighted by Crippen LogP contribution is -2.43. The molecule has 0 aromatic carbocycles. The zero-order valence-corrected chi connectivity index (χ0v) is 19.9. The summed E-state index contributed by atoms with van der Waals surface area (Å²) < 4.78 is 0. The standard InChI is InChI=1S/C26H52O4/c1-2-3-4-5-6-7-8-9-10-11-12-13-14-15-16-17-18-19-20-21-22-23-24(27)25(28)26(29)30/h24-25,27-28H,2-23H2,1H3,(H,29,30)/p-1/t24-,25+/m1/s1. The first-order valence-electron chi connectivity index (χ1n) is 13.2. The summed E-state index contributed by atoms with van der Waals surface area (Å²) in [7, 11) is 0. The molecular formula is C26H51O4-. The Labute approximate surface area is 186 Å². The van der Waals surface area contributed by atoms with Crippen LogP contribution in [0.15, 0.2) is 0 Å². The Morgan fingerprint density at radius 1 is 0.567 bits per heavy atom. The molecule has 0 amide bonds. The monoisotopic (exact) mass is 427 g/mol. The van der Waals surface area contributed by atoms with Gasteiger partial charge in [0, 0.05) is 0 Å². The van der Waals surface area contributed by atoms with E-state index in [0.717, 1.165) is 19.3 Å². The number of carboxylic acids is 1. The van der Waals surface area contributed by atoms with Gasteiger partial charge in [-0.15, -0.1) is 0 Å². The van der Waals surface area contributed by atoms with Crippen molar-refractivity contribution in [1.29, 1.82) is 0 Å². The summed E-state index contributed by atoms with van der Waals surface area (Å²) in [4.78, 5) is 10.4. The van der Waals surface area contributed by atoms with Gasteiger partial charge in [0.25, 0.3) is 0 Å². The first-order chi connectivity index (χ1) is 14.6. The number of aliphatic hydroxyl groups is 2. The van der Waals surface area contributed by atoms with E-state index in [4.69, 9.17) is 5.11 Å². The molecular weight excluding hydrogens is 376 g/mol. The molecule has 0 fully saturated rings. The molecule has 0 saturated heterocycles. The van der Waals surface area contributed by atoms with E-state index in [1.54, 1.807) is 0 Å². The van der Waals surface area contributed by atoms with E-state index >= 15 is 0 Å². The van der Waals surface area contributed by atoms with Crippen LogP contribution in [-0.2, 0) is 4.79 Å². The SMILES string of the molecule is CCCCCCCCCCCCCCCCCCCCCCC[C@@H](O)[C@H](O)C(=O)[O-]. The van der Waals surface area contributed by atoms with Gasteiger partial charge in [0.05, 0.1) is 12.1 Å². The molecule has 4 nitrogen and oxygen atoms in total. The van der Waals surface area contributed by atoms with Crippen LogP contribution in [-0.4, -0.2) is 28.4 Å². The number of aliphatic carboxylic acids is 1. The molecule has 180 valence electrons. The van der Waals surface area contributed by atoms with Crippen molar-refractivity contribution in [2.24, 2.45) is 0 Å². The second-order valence-corrected chi connectivity index (χ2v) is 9.19. The largest absolute Gasteiger partial charge is 0.547 e. The van der Waals surface area contributed by atoms with Gasteiger partial charge in [-0.05, 0) is 6.42 Å². The summed E-state index contributed by atoms with van der Waals surface area (Å²) in [5.74, 6) is -1.59. The van der Waals surface area contributed by atoms with Crippen LogP contribution in [0.3, 0.4) is 0 Å². The Morgan fingerprint density at radius 2 is 0.833 bits per heavy atom. The van der Waals surface area contributed by atoms with Gasteiger partial charge in [-0.1, -0.05) is 142 Å². The fourth-order valence-electron chi connectivity index (χ4n) is 4.10. The minimum Gasteiger partial charge on any atom is -0.547 e. The van der Waals surface area contributed by atoms with Crippen molar-refractivity contribution in [3.63, 3.8) is 0 Å². The van der Waals surface area contributed by atoms with E-state index in [1.165, 1.54) is 116 Å². The molecule has 0 saturated carbocycles. The van der Waals surface area contributed by atoms with Crippen LogP contribution < -0.4 is 5.11 Å². The van der Waals surface area contributed by atoms with Crippen LogP contribution in [0.5, 0.6) is 0 Å². The number of aliphatic hydroxyl groups excluding tert-OH is 2. The van der Waals surface area contributed by atoms with Crippen LogP contribution in [0.1, 0.15) is 148 Å². The molecule has 0 rings (SSSR count). The van der Waals surface area contributed by atoms with Gasteiger partial charge in [0.1, 0.15) is 6.10 Å². The first-order valence-corrected chi connectivity index (χ1v) is 13.2. The summed E-state index contributed by atoms with van der Waals surface area (Å²) in [5, 5.41) is 29.1. The van der Waals surface area contributed by atoms with Gasteiger partial charge in [-0.25, -0.2) is 0 Å². The molecule has 0 unspecified atom stereocenters. The molecule has 2 atom stereocenters. The van der Waals surface area contributed by atoms with Gasteiger partial charge in [0.15, 0.2) is 0 Å². The number of rotatable bonds is 24. The molecule has 0 aliphatic rings. The molecule has 4 heteroatoms. The lowest BCUT2D eigenvalue weighted by Gasteiger charge is -2.18. The Balaban J connectivity index is 3.12. The Bertz CT molecular complexity index is 359. The third-order valence-corrected chi connectivity index (χ3v) is 6.21. The molecule has 0 heterocycles. The maximum Gasteiger partial charge on any atom is 0.119 e. The molecule has 0 aromatic heterocycles. The summed E-state index contributed by atoms with van der Waals surface area (Å²) in [6, 6.07) is 0. The smallest absolute Gasteiger partial charge is 0.119 e. The molecule has 2 N–H and O–H groups in total. The van der Waals surface area contributed by atoms with Gasteiger partial charge in [-0.2, -0.15) is 0 Å². The van der Waals surface area contributed by atoms with E-state index in [0.29, 0.717) is 6.42 Å². The van der Waals surface area contributed by atoms with E-state index < -0.39 is 18.2 Å². The third-order valence-electron chi connectivity index (χ3n) is 6.21. The minimum atomic E-state index is -1.75. The molecule has 0 radical (unpaired) electrons. The highest BCUT2D eigenvalue weighted by molar-refractivity contribution is 5.70. The summed E-state index contributed by atoms with van der Waals surface area (Å²) in [5.41, 5.74) is 0. The Morgan fingerprint density at radius 3 is 1.10 bits per heavy atom. The fraction of sp³-hybridized carbons (Fsp3) is 0.962. The van der Waals surface area contributed by atoms with Gasteiger partial charge < -0.3 is 20.1 Å². The molecule has 0 aromatic rings. The van der Waals surface area contributed by atoms with E-state index in [9.17, 15) is 15.0 Å². The van der Waals surface area contributed by atoms with Crippen molar-refractivity contribution < 1.29 is 20.1 Å². The molecule has 0 bridgehead atoms. The number of carbonyl (C=O) groups excluding carboxylic acids is 1. The predicted molar refractivity (Wildman–Crippen MR) is 124 cm³/mol. The highest BCUT2D eigenvalue weighted by Crippen LogP contribution is 2.15. The molecule has 30 heavy (non-hydrogen) atoms. The zero-order chi connectivity index (χ0) is 22.3. The van der Waals surface area contributed by atoms with Crippen molar-refractivity contribution in [1.82, 2.24) is 0 Å². The van der Waals surface area contributed by atoms with E-state index in [-0.39, 0.29) is 0 Å². The van der Waals surface area contributed by atoms with Crippen molar-refractivity contribution >= 4 is 5.97 Å². The second-order valence-electron chi connectivity index (χ2n) is 9.19. The summed E-state index contributed by atoms with van der Waals surface area (Å²) in [6.45, 7) is 2.28. The van der Waals surface area contributed by atoms with Crippen LogP contribution >= 0.6 is 0 Å². The number of carbonyl (C=O) groups is 1. The number of hydrogen-bond acceptors (Lipinski definition) is 4. The summed E-state index contributed by atoms with van der Waals surface area (Å²) in [6.07, 6.45) is 25.2. The van der Waals surface area contributed by atoms with Gasteiger partial charge in [-0.3, -0.25) is 0 Å². The average molecular weight is 428 g/mol. The van der Waals surface area contributed by atoms with Crippen LogP contribution in [0, 0.1) is 0 Å². The maximum atomic E-state index is 10.4. The normalized spacial score (nSPS) is 13.4. The number of unbranched alkanes of at least 4 members (excludes halogenated alkanes) is 20. The maximum absolute atomic E-state index is 10.4. The van der Waals surface area contributed by atoms with Crippen molar-refractivity contribution in [3.05, 3.63) is 0 Å². The molecule has 0 aliphatic heterocycles. The highest BCUT2D eigenvalue weighted by atomic mass is 16.4. The second kappa shape index (κ2) is 23.1. The zero-order valence-electron chi connectivity index (χ0n) is 19.9. The first kappa shape index (κ1) is 29.4. The average Bonchev–Trinajstić information content (AvgIpc) is 2.74. The Kier molecular flexibility index (Phi) is 22.6. The fourth-order valence-corrected chi connectivity index (χ4v) is 4.10. The number of hydrogen-bond donors (Lipinski definition) is 2. The van der Waals surface area contributed by atoms with Crippen LogP contribution in [0.25, 0.3) is 0 Å². The lowest BCUT2D eigenvalue weighted by molar-refractivity contribution is -0.318. The van der Waals surface area contributed by atoms with Crippen LogP contribution in [0.4, 0.5) is 0 Å². The van der Waals surface area contributed by atoms with Crippen LogP contribution in [0.2, 0.25) is 0 Å². The molecule has 0 spiro atoms. The predicted octanol–water partition coefficient (Wildman–Crippen LogP) is 6.06. The van der Waals surface area contributed by atoms with Crippen molar-refractivity contribution in [2.45, 2.75) is 160 Å². The highest BCUT2D eigenvalue weighted by Gasteiger charge is 2.16. The third kappa shape index (κ3) is 20.7. The van der Waals surface area contributed by atoms with Crippen molar-refractivity contribution in [2.75, 3.05) is 0 Å². The van der Waals surface area contributed by atoms with Crippen molar-refractivity contribution in [3.8, 4) is 0 Å². The van der Waals surface area contributed by atoms with Gasteiger partial charge >= 0.3 is 0 Å².